The van der Waals surface area contributed by atoms with Crippen LogP contribution >= 0.6 is 11.6 Å². The summed E-state index contributed by atoms with van der Waals surface area (Å²) in [7, 11) is 0. The zero-order valence-corrected chi connectivity index (χ0v) is 15.2. The molecule has 1 aromatic heterocycles. The van der Waals surface area contributed by atoms with Crippen LogP contribution in [0, 0.1) is 0 Å². The molecule has 4 rings (SSSR count). The highest BCUT2D eigenvalue weighted by Gasteiger charge is 2.17. The molecule has 0 aliphatic carbocycles. The third kappa shape index (κ3) is 4.06. The van der Waals surface area contributed by atoms with E-state index in [4.69, 9.17) is 25.8 Å². The van der Waals surface area contributed by atoms with Gasteiger partial charge in [0.05, 0.1) is 23.3 Å². The van der Waals surface area contributed by atoms with E-state index in [-0.39, 0.29) is 19.0 Å². The van der Waals surface area contributed by atoms with Crippen molar-refractivity contribution in [2.75, 3.05) is 13.2 Å². The van der Waals surface area contributed by atoms with E-state index in [1.807, 2.05) is 36.5 Å². The molecule has 7 heteroatoms. The maximum atomic E-state index is 12.2. The van der Waals surface area contributed by atoms with Crippen molar-refractivity contribution in [3.63, 3.8) is 0 Å². The molecule has 0 N–H and O–H groups in total. The Balaban J connectivity index is 1.36. The number of hydrogen-bond acceptors (Lipinski definition) is 5. The molecule has 138 valence electrons. The maximum Gasteiger partial charge on any atom is 0.310 e. The highest BCUT2D eigenvalue weighted by molar-refractivity contribution is 6.32. The number of esters is 1. The molecule has 0 saturated heterocycles. The molecule has 0 radical (unpaired) electrons. The third-order valence-electron chi connectivity index (χ3n) is 4.06. The number of nitrogens with zero attached hydrogens (tertiary/aromatic N) is 2. The van der Waals surface area contributed by atoms with E-state index in [9.17, 15) is 4.79 Å². The van der Waals surface area contributed by atoms with Gasteiger partial charge in [0.15, 0.2) is 11.5 Å². The maximum absolute atomic E-state index is 12.2. The van der Waals surface area contributed by atoms with Crippen LogP contribution in [0.15, 0.2) is 54.9 Å². The Morgan fingerprint density at radius 3 is 2.81 bits per heavy atom. The lowest BCUT2D eigenvalue weighted by Crippen LogP contribution is -2.16. The van der Waals surface area contributed by atoms with Crippen LogP contribution in [-0.2, 0) is 22.6 Å². The Morgan fingerprint density at radius 2 is 1.96 bits per heavy atom. The van der Waals surface area contributed by atoms with Crippen molar-refractivity contribution in [2.24, 2.45) is 0 Å². The lowest BCUT2D eigenvalue weighted by Gasteiger charge is -2.20. The molecule has 0 amide bonds. The number of para-hydroxylation sites is 1. The van der Waals surface area contributed by atoms with Crippen LogP contribution in [0.2, 0.25) is 5.02 Å². The summed E-state index contributed by atoms with van der Waals surface area (Å²) in [5.74, 6) is 0.767. The van der Waals surface area contributed by atoms with E-state index in [2.05, 4.69) is 5.10 Å². The van der Waals surface area contributed by atoms with E-state index in [0.717, 1.165) is 16.8 Å². The highest BCUT2D eigenvalue weighted by atomic mass is 35.5. The van der Waals surface area contributed by atoms with Gasteiger partial charge >= 0.3 is 5.97 Å². The Hall–Kier alpha value is -2.99. The van der Waals surface area contributed by atoms with Gasteiger partial charge in [-0.05, 0) is 29.8 Å². The van der Waals surface area contributed by atoms with Crippen LogP contribution in [-0.4, -0.2) is 29.0 Å². The number of benzene rings is 2. The monoisotopic (exact) mass is 384 g/mol. The molecule has 0 unspecified atom stereocenters. The molecule has 0 saturated carbocycles. The molecule has 1 aliphatic rings. The van der Waals surface area contributed by atoms with Crippen LogP contribution in [0.3, 0.4) is 0 Å². The fraction of sp³-hybridized carbons (Fsp3) is 0.200. The van der Waals surface area contributed by atoms with Crippen LogP contribution in [0.5, 0.6) is 11.5 Å². The van der Waals surface area contributed by atoms with Crippen molar-refractivity contribution in [2.45, 2.75) is 13.0 Å². The second-order valence-electron chi connectivity index (χ2n) is 6.07. The molecule has 0 fully saturated rings. The quantitative estimate of drug-likeness (QED) is 0.629. The molecule has 2 aromatic carbocycles. The normalized spacial score (nSPS) is 12.6. The Bertz CT molecular complexity index is 956. The van der Waals surface area contributed by atoms with Crippen LogP contribution in [0.25, 0.3) is 5.69 Å². The minimum absolute atomic E-state index is 0.113. The van der Waals surface area contributed by atoms with Gasteiger partial charge in [-0.25, -0.2) is 4.68 Å². The summed E-state index contributed by atoms with van der Waals surface area (Å²) < 4.78 is 18.1. The van der Waals surface area contributed by atoms with Crippen molar-refractivity contribution in [3.8, 4) is 17.2 Å². The van der Waals surface area contributed by atoms with Crippen LogP contribution in [0.1, 0.15) is 11.1 Å². The van der Waals surface area contributed by atoms with Gasteiger partial charge in [0.1, 0.15) is 19.8 Å². The van der Waals surface area contributed by atoms with Gasteiger partial charge in [0, 0.05) is 11.8 Å². The summed E-state index contributed by atoms with van der Waals surface area (Å²) in [6, 6.07) is 13.2. The highest BCUT2D eigenvalue weighted by Crippen LogP contribution is 2.38. The number of fused-ring (bicyclic) bond motifs is 1. The number of aromatic nitrogens is 2. The first-order chi connectivity index (χ1) is 13.2. The van der Waals surface area contributed by atoms with Crippen molar-refractivity contribution >= 4 is 17.6 Å². The lowest BCUT2D eigenvalue weighted by atomic mass is 10.2. The standard InChI is InChI=1S/C20H17ClN2O4/c21-17-8-14(9-18-20(17)26-7-6-25-18)13-27-19(24)10-15-11-22-23(12-15)16-4-2-1-3-5-16/h1-5,8-9,11-12H,6-7,10,13H2. The smallest absolute Gasteiger partial charge is 0.310 e. The predicted molar refractivity (Wildman–Crippen MR) is 99.5 cm³/mol. The molecular formula is C20H17ClN2O4. The zero-order valence-electron chi connectivity index (χ0n) is 14.4. The Morgan fingerprint density at radius 1 is 1.15 bits per heavy atom. The Kier molecular flexibility index (Phi) is 4.98. The van der Waals surface area contributed by atoms with Gasteiger partial charge in [-0.15, -0.1) is 0 Å². The minimum atomic E-state index is -0.339. The number of hydrogen-bond donors (Lipinski definition) is 0. The first kappa shape index (κ1) is 17.4. The van der Waals surface area contributed by atoms with Gasteiger partial charge in [0.25, 0.3) is 0 Å². The van der Waals surface area contributed by atoms with Gasteiger partial charge < -0.3 is 14.2 Å². The summed E-state index contributed by atoms with van der Waals surface area (Å²) in [5.41, 5.74) is 2.46. The predicted octanol–water partition coefficient (Wildman–Crippen LogP) is 3.58. The van der Waals surface area contributed by atoms with Gasteiger partial charge in [-0.3, -0.25) is 4.79 Å². The van der Waals surface area contributed by atoms with Crippen molar-refractivity contribution in [1.82, 2.24) is 9.78 Å². The summed E-state index contributed by atoms with van der Waals surface area (Å²) in [6.07, 6.45) is 3.62. The molecule has 3 aromatic rings. The molecule has 0 bridgehead atoms. The number of ether oxygens (including phenoxy) is 3. The van der Waals surface area contributed by atoms with E-state index < -0.39 is 0 Å². The number of carbonyl (C=O) groups excluding carboxylic acids is 1. The first-order valence-electron chi connectivity index (χ1n) is 8.51. The molecule has 0 atom stereocenters. The van der Waals surface area contributed by atoms with E-state index in [0.29, 0.717) is 29.7 Å². The summed E-state index contributed by atoms with van der Waals surface area (Å²) >= 11 is 6.20. The topological polar surface area (TPSA) is 62.6 Å². The second-order valence-corrected chi connectivity index (χ2v) is 6.48. The minimum Gasteiger partial charge on any atom is -0.486 e. The van der Waals surface area contributed by atoms with Gasteiger partial charge in [-0.2, -0.15) is 5.10 Å². The van der Waals surface area contributed by atoms with Crippen molar-refractivity contribution < 1.29 is 19.0 Å². The molecule has 27 heavy (non-hydrogen) atoms. The fourth-order valence-corrected chi connectivity index (χ4v) is 3.09. The summed E-state index contributed by atoms with van der Waals surface area (Å²) in [5, 5.41) is 4.73. The van der Waals surface area contributed by atoms with Gasteiger partial charge in [-0.1, -0.05) is 29.8 Å². The zero-order chi connectivity index (χ0) is 18.6. The average Bonchev–Trinajstić information content (AvgIpc) is 3.16. The SMILES string of the molecule is O=C(Cc1cnn(-c2ccccc2)c1)OCc1cc(Cl)c2c(c1)OCCO2. The second kappa shape index (κ2) is 7.72. The summed E-state index contributed by atoms with van der Waals surface area (Å²) in [4.78, 5) is 12.2. The third-order valence-corrected chi connectivity index (χ3v) is 4.34. The molecule has 6 nitrogen and oxygen atoms in total. The van der Waals surface area contributed by atoms with E-state index in [1.165, 1.54) is 0 Å². The lowest BCUT2D eigenvalue weighted by molar-refractivity contribution is -0.144. The molecule has 1 aliphatic heterocycles. The van der Waals surface area contributed by atoms with E-state index in [1.54, 1.807) is 23.0 Å². The van der Waals surface area contributed by atoms with E-state index >= 15 is 0 Å². The van der Waals surface area contributed by atoms with Gasteiger partial charge in [0.2, 0.25) is 0 Å². The average molecular weight is 385 g/mol. The summed E-state index contributed by atoms with van der Waals surface area (Å²) in [6.45, 7) is 1.05. The molecule has 0 spiro atoms. The van der Waals surface area contributed by atoms with Crippen molar-refractivity contribution in [1.29, 1.82) is 0 Å². The van der Waals surface area contributed by atoms with Crippen LogP contribution in [0.4, 0.5) is 0 Å². The first-order valence-corrected chi connectivity index (χ1v) is 8.89. The van der Waals surface area contributed by atoms with Crippen molar-refractivity contribution in [3.05, 3.63) is 71.0 Å². The number of halogens is 1. The Labute approximate surface area is 161 Å². The number of carbonyl (C=O) groups is 1. The molecular weight excluding hydrogens is 368 g/mol. The molecule has 2 heterocycles. The number of rotatable bonds is 5. The van der Waals surface area contributed by atoms with Crippen LogP contribution < -0.4 is 9.47 Å². The largest absolute Gasteiger partial charge is 0.486 e. The fourth-order valence-electron chi connectivity index (χ4n) is 2.80.